The van der Waals surface area contributed by atoms with Crippen molar-refractivity contribution in [3.63, 3.8) is 0 Å². The second-order valence-corrected chi connectivity index (χ2v) is 7.65. The van der Waals surface area contributed by atoms with Crippen molar-refractivity contribution >= 4 is 23.7 Å². The van der Waals surface area contributed by atoms with E-state index >= 15 is 0 Å². The summed E-state index contributed by atoms with van der Waals surface area (Å²) in [6.07, 6.45) is -0.928. The van der Waals surface area contributed by atoms with E-state index in [1.54, 1.807) is 0 Å². The number of ether oxygens (including phenoxy) is 1. The lowest BCUT2D eigenvalue weighted by atomic mass is 9.98. The third-order valence-electron chi connectivity index (χ3n) is 5.55. The number of hydrogen-bond acceptors (Lipinski definition) is 4. The highest BCUT2D eigenvalue weighted by Gasteiger charge is 2.29. The van der Waals surface area contributed by atoms with Gasteiger partial charge in [0.2, 0.25) is 0 Å². The van der Waals surface area contributed by atoms with E-state index in [0.717, 1.165) is 28.3 Å². The number of hydrogen-bond donors (Lipinski definition) is 3. The van der Waals surface area contributed by atoms with Gasteiger partial charge in [0.1, 0.15) is 18.5 Å². The minimum absolute atomic E-state index is 0.0197. The summed E-state index contributed by atoms with van der Waals surface area (Å²) in [5.74, 6) is -3.11. The van der Waals surface area contributed by atoms with E-state index in [2.05, 4.69) is 10.6 Å². The molecule has 8 heteroatoms. The molecule has 4 rings (SSSR count). The van der Waals surface area contributed by atoms with E-state index in [0.29, 0.717) is 0 Å². The molecule has 0 unspecified atom stereocenters. The molecule has 1 aliphatic carbocycles. The maximum atomic E-state index is 14.4. The number of benzene rings is 3. The lowest BCUT2D eigenvalue weighted by Gasteiger charge is -2.16. The van der Waals surface area contributed by atoms with Gasteiger partial charge in [-0.25, -0.2) is 9.18 Å². The van der Waals surface area contributed by atoms with Crippen molar-refractivity contribution in [3.8, 4) is 11.1 Å². The highest BCUT2D eigenvalue weighted by Crippen LogP contribution is 2.44. The van der Waals surface area contributed by atoms with Crippen molar-refractivity contribution < 1.29 is 28.6 Å². The fourth-order valence-corrected chi connectivity index (χ4v) is 3.91. The van der Waals surface area contributed by atoms with E-state index in [9.17, 15) is 18.8 Å². The van der Waals surface area contributed by atoms with E-state index < -0.39 is 29.8 Å². The number of nitrogens with one attached hydrogen (secondary N) is 2. The van der Waals surface area contributed by atoms with E-state index in [-0.39, 0.29) is 23.8 Å². The fourth-order valence-electron chi connectivity index (χ4n) is 3.91. The van der Waals surface area contributed by atoms with Crippen molar-refractivity contribution in [1.29, 1.82) is 0 Å². The molecule has 0 radical (unpaired) electrons. The summed E-state index contributed by atoms with van der Waals surface area (Å²) in [5.41, 5.74) is 3.60. The molecule has 0 saturated heterocycles. The highest BCUT2D eigenvalue weighted by molar-refractivity contribution is 6.04. The Morgan fingerprint density at radius 2 is 1.58 bits per heavy atom. The van der Waals surface area contributed by atoms with Crippen molar-refractivity contribution in [2.75, 3.05) is 11.9 Å². The quantitative estimate of drug-likeness (QED) is 0.519. The SMILES string of the molecule is C[C@@H](NC(=O)c1cccc(F)c1NC(=O)OCC1c2ccccc2-c2ccccc21)C(=O)O. The molecular weight excluding hydrogens is 427 g/mol. The standard InChI is InChI=1S/C25H21FN2O5/c1-14(24(30)31)27-23(29)19-11-6-12-21(26)22(19)28-25(32)33-13-20-17-9-4-2-7-15(17)16-8-3-5-10-18(16)20/h2-12,14,20H,13H2,1H3,(H,27,29)(H,28,32)(H,30,31)/t14-/m1/s1. The minimum Gasteiger partial charge on any atom is -0.480 e. The number of amides is 2. The number of aliphatic carboxylic acids is 1. The second kappa shape index (κ2) is 9.12. The average Bonchev–Trinajstić information content (AvgIpc) is 3.12. The lowest BCUT2D eigenvalue weighted by Crippen LogP contribution is -2.38. The molecule has 0 bridgehead atoms. The molecule has 33 heavy (non-hydrogen) atoms. The zero-order valence-electron chi connectivity index (χ0n) is 17.7. The number of carboxylic acid groups (broad SMARTS) is 1. The average molecular weight is 448 g/mol. The molecule has 0 saturated carbocycles. The van der Waals surface area contributed by atoms with Crippen LogP contribution >= 0.6 is 0 Å². The summed E-state index contributed by atoms with van der Waals surface area (Å²) in [4.78, 5) is 36.0. The van der Waals surface area contributed by atoms with Crippen LogP contribution in [0.3, 0.4) is 0 Å². The van der Waals surface area contributed by atoms with Gasteiger partial charge in [-0.2, -0.15) is 0 Å². The van der Waals surface area contributed by atoms with E-state index in [1.807, 2.05) is 48.5 Å². The smallest absolute Gasteiger partial charge is 0.411 e. The summed E-state index contributed by atoms with van der Waals surface area (Å²) in [5, 5.41) is 13.5. The molecule has 0 spiro atoms. The molecule has 7 nitrogen and oxygen atoms in total. The van der Waals surface area contributed by atoms with Gasteiger partial charge >= 0.3 is 12.1 Å². The maximum Gasteiger partial charge on any atom is 0.411 e. The lowest BCUT2D eigenvalue weighted by molar-refractivity contribution is -0.138. The first-order valence-electron chi connectivity index (χ1n) is 10.3. The van der Waals surface area contributed by atoms with Crippen LogP contribution in [0.2, 0.25) is 0 Å². The fraction of sp³-hybridized carbons (Fsp3) is 0.160. The number of carbonyl (C=O) groups excluding carboxylic acids is 2. The number of carbonyl (C=O) groups is 3. The second-order valence-electron chi connectivity index (χ2n) is 7.65. The van der Waals surface area contributed by atoms with Crippen molar-refractivity contribution in [2.45, 2.75) is 18.9 Å². The van der Waals surface area contributed by atoms with Crippen LogP contribution in [0.15, 0.2) is 66.7 Å². The van der Waals surface area contributed by atoms with Gasteiger partial charge in [-0.3, -0.25) is 14.9 Å². The van der Waals surface area contributed by atoms with Gasteiger partial charge in [0.05, 0.1) is 11.3 Å². The Labute approximate surface area is 189 Å². The third kappa shape index (κ3) is 4.41. The minimum atomic E-state index is -1.24. The topological polar surface area (TPSA) is 105 Å². The van der Waals surface area contributed by atoms with Crippen molar-refractivity contribution in [2.24, 2.45) is 0 Å². The largest absolute Gasteiger partial charge is 0.480 e. The third-order valence-corrected chi connectivity index (χ3v) is 5.55. The Bertz CT molecular complexity index is 1200. The van der Waals surface area contributed by atoms with Crippen molar-refractivity contribution in [1.82, 2.24) is 5.32 Å². The van der Waals surface area contributed by atoms with Gasteiger partial charge < -0.3 is 15.2 Å². The Balaban J connectivity index is 1.49. The van der Waals surface area contributed by atoms with Gasteiger partial charge in [0.25, 0.3) is 5.91 Å². The zero-order valence-corrected chi connectivity index (χ0v) is 17.7. The molecule has 168 valence electrons. The molecule has 2 amide bonds. The Morgan fingerprint density at radius 3 is 2.18 bits per heavy atom. The van der Waals surface area contributed by atoms with E-state index in [1.165, 1.54) is 19.1 Å². The van der Waals surface area contributed by atoms with Crippen LogP contribution in [0.25, 0.3) is 11.1 Å². The summed E-state index contributed by atoms with van der Waals surface area (Å²) in [7, 11) is 0. The molecule has 0 aromatic heterocycles. The summed E-state index contributed by atoms with van der Waals surface area (Å²) < 4.78 is 19.8. The zero-order chi connectivity index (χ0) is 23.5. The number of fused-ring (bicyclic) bond motifs is 3. The number of carboxylic acids is 1. The molecule has 3 aromatic rings. The number of para-hydroxylation sites is 1. The first-order chi connectivity index (χ1) is 15.9. The molecule has 3 aromatic carbocycles. The van der Waals surface area contributed by atoms with Crippen LogP contribution < -0.4 is 10.6 Å². The Morgan fingerprint density at radius 1 is 0.970 bits per heavy atom. The molecule has 1 atom stereocenters. The molecule has 3 N–H and O–H groups in total. The normalized spacial score (nSPS) is 12.9. The summed E-state index contributed by atoms with van der Waals surface area (Å²) >= 11 is 0. The van der Waals surface area contributed by atoms with Crippen LogP contribution in [0.4, 0.5) is 14.9 Å². The van der Waals surface area contributed by atoms with Gasteiger partial charge in [0, 0.05) is 5.92 Å². The Hall–Kier alpha value is -4.20. The van der Waals surface area contributed by atoms with Gasteiger partial charge in [-0.1, -0.05) is 54.6 Å². The predicted octanol–water partition coefficient (Wildman–Crippen LogP) is 4.39. The van der Waals surface area contributed by atoms with E-state index in [4.69, 9.17) is 9.84 Å². The van der Waals surface area contributed by atoms with Crippen LogP contribution in [0, 0.1) is 5.82 Å². The first-order valence-corrected chi connectivity index (χ1v) is 10.3. The number of anilines is 1. The monoisotopic (exact) mass is 448 g/mol. The highest BCUT2D eigenvalue weighted by atomic mass is 19.1. The van der Waals surface area contributed by atoms with Crippen LogP contribution in [0.5, 0.6) is 0 Å². The van der Waals surface area contributed by atoms with Crippen molar-refractivity contribution in [3.05, 3.63) is 89.2 Å². The molecule has 0 aliphatic heterocycles. The van der Waals surface area contributed by atoms with Gasteiger partial charge in [0.15, 0.2) is 0 Å². The Kier molecular flexibility index (Phi) is 6.08. The number of rotatable bonds is 6. The van der Waals surface area contributed by atoms with Crippen LogP contribution in [-0.2, 0) is 9.53 Å². The molecular formula is C25H21FN2O5. The number of halogens is 1. The molecule has 0 heterocycles. The van der Waals surface area contributed by atoms with Crippen LogP contribution in [-0.4, -0.2) is 35.7 Å². The molecule has 0 fully saturated rings. The predicted molar refractivity (Wildman–Crippen MR) is 120 cm³/mol. The summed E-state index contributed by atoms with van der Waals surface area (Å²) in [6.45, 7) is 1.30. The van der Waals surface area contributed by atoms with Gasteiger partial charge in [-0.15, -0.1) is 0 Å². The maximum absolute atomic E-state index is 14.4. The van der Waals surface area contributed by atoms with Crippen LogP contribution in [0.1, 0.15) is 34.3 Å². The van der Waals surface area contributed by atoms with Gasteiger partial charge in [-0.05, 0) is 41.3 Å². The first kappa shape index (κ1) is 22.0. The summed E-state index contributed by atoms with van der Waals surface area (Å²) in [6, 6.07) is 18.2. The molecule has 1 aliphatic rings.